The molecule has 2 N–H and O–H groups in total. The maximum Gasteiger partial charge on any atom is 0.190 e. The molecule has 0 aliphatic rings. The minimum absolute atomic E-state index is 0.615. The summed E-state index contributed by atoms with van der Waals surface area (Å²) in [5.74, 6) is 1.68. The maximum atomic E-state index is 5.71. The molecule has 0 unspecified atom stereocenters. The molecule has 7 heteroatoms. The minimum Gasteiger partial charge on any atom is -0.497 e. The van der Waals surface area contributed by atoms with E-state index in [4.69, 9.17) is 9.47 Å². The molecule has 0 spiro atoms. The van der Waals surface area contributed by atoms with Crippen LogP contribution in [0, 0.1) is 13.8 Å². The van der Waals surface area contributed by atoms with Gasteiger partial charge in [0, 0.05) is 38.0 Å². The topological polar surface area (TPSA) is 67.8 Å². The van der Waals surface area contributed by atoms with Crippen LogP contribution in [-0.4, -0.2) is 44.8 Å². The smallest absolute Gasteiger partial charge is 0.190 e. The predicted octanol–water partition coefficient (Wildman–Crippen LogP) is 3.08. The Balaban J connectivity index is 1.55. The van der Waals surface area contributed by atoms with Crippen molar-refractivity contribution in [2.24, 2.45) is 4.99 Å². The monoisotopic (exact) mass is 390 g/mol. The first kappa shape index (κ1) is 21.2. The van der Waals surface area contributed by atoms with Gasteiger partial charge in [0.15, 0.2) is 5.96 Å². The molecule has 0 fully saturated rings. The number of methoxy groups -OCH3 is 1. The number of ether oxygens (including phenoxy) is 2. The Hall–Kier alpha value is -2.12. The zero-order valence-electron chi connectivity index (χ0n) is 16.7. The zero-order chi connectivity index (χ0) is 19.5. The standard InChI is InChI=1S/C20H30N4O2S/c1-15-16(2)27-19(24-15)10-12-23-20(21-3)22-11-5-13-26-14-17-6-8-18(25-4)9-7-17/h6-9H,5,10-14H2,1-4H3,(H2,21,22,23). The average molecular weight is 391 g/mol. The van der Waals surface area contributed by atoms with Crippen LogP contribution in [0.5, 0.6) is 5.75 Å². The van der Waals surface area contributed by atoms with Crippen LogP contribution in [0.3, 0.4) is 0 Å². The van der Waals surface area contributed by atoms with Crippen molar-refractivity contribution in [2.75, 3.05) is 33.9 Å². The molecule has 0 aliphatic heterocycles. The number of nitrogens with one attached hydrogen (secondary N) is 2. The van der Waals surface area contributed by atoms with E-state index in [0.29, 0.717) is 13.2 Å². The second-order valence-corrected chi connectivity index (χ2v) is 7.47. The highest BCUT2D eigenvalue weighted by atomic mass is 32.1. The third-order valence-electron chi connectivity index (χ3n) is 4.11. The third-order valence-corrected chi connectivity index (χ3v) is 5.25. The van der Waals surface area contributed by atoms with E-state index in [1.165, 1.54) is 9.88 Å². The van der Waals surface area contributed by atoms with E-state index in [-0.39, 0.29) is 0 Å². The number of thiazole rings is 1. The lowest BCUT2D eigenvalue weighted by atomic mass is 10.2. The summed E-state index contributed by atoms with van der Waals surface area (Å²) in [5.41, 5.74) is 2.28. The lowest BCUT2D eigenvalue weighted by Gasteiger charge is -2.11. The summed E-state index contributed by atoms with van der Waals surface area (Å²) in [4.78, 5) is 10.1. The number of nitrogens with zero attached hydrogens (tertiary/aromatic N) is 2. The molecule has 0 atom stereocenters. The Labute approximate surface area is 166 Å². The molecule has 0 saturated carbocycles. The molecule has 1 aromatic heterocycles. The van der Waals surface area contributed by atoms with Gasteiger partial charge < -0.3 is 20.1 Å². The van der Waals surface area contributed by atoms with Crippen molar-refractivity contribution >= 4 is 17.3 Å². The van der Waals surface area contributed by atoms with Crippen LogP contribution in [0.1, 0.15) is 27.6 Å². The summed E-state index contributed by atoms with van der Waals surface area (Å²) in [6.45, 7) is 7.12. The van der Waals surface area contributed by atoms with Gasteiger partial charge in [0.1, 0.15) is 5.75 Å². The first-order valence-electron chi connectivity index (χ1n) is 9.20. The Morgan fingerprint density at radius 3 is 2.52 bits per heavy atom. The highest BCUT2D eigenvalue weighted by molar-refractivity contribution is 7.11. The number of aliphatic imine (C=N–C) groups is 1. The van der Waals surface area contributed by atoms with Crippen LogP contribution in [-0.2, 0) is 17.8 Å². The molecule has 148 valence electrons. The number of guanidine groups is 1. The van der Waals surface area contributed by atoms with Gasteiger partial charge in [-0.25, -0.2) is 4.98 Å². The van der Waals surface area contributed by atoms with Gasteiger partial charge in [-0.15, -0.1) is 11.3 Å². The zero-order valence-corrected chi connectivity index (χ0v) is 17.5. The number of hydrogen-bond donors (Lipinski definition) is 2. The van der Waals surface area contributed by atoms with Gasteiger partial charge in [-0.1, -0.05) is 12.1 Å². The number of aryl methyl sites for hydroxylation is 2. The summed E-state index contributed by atoms with van der Waals surface area (Å²) < 4.78 is 10.9. The quantitative estimate of drug-likeness (QED) is 0.371. The normalized spacial score (nSPS) is 11.5. The SMILES string of the molecule is CN=C(NCCCOCc1ccc(OC)cc1)NCCc1nc(C)c(C)s1. The summed E-state index contributed by atoms with van der Waals surface area (Å²) in [7, 11) is 3.45. The van der Waals surface area contributed by atoms with Crippen molar-refractivity contribution in [2.45, 2.75) is 33.3 Å². The molecule has 6 nitrogen and oxygen atoms in total. The van der Waals surface area contributed by atoms with Gasteiger partial charge in [-0.3, -0.25) is 4.99 Å². The van der Waals surface area contributed by atoms with Crippen LogP contribution in [0.2, 0.25) is 0 Å². The predicted molar refractivity (Wildman–Crippen MR) is 112 cm³/mol. The van der Waals surface area contributed by atoms with Crippen LogP contribution in [0.4, 0.5) is 0 Å². The van der Waals surface area contributed by atoms with Crippen LogP contribution in [0.25, 0.3) is 0 Å². The van der Waals surface area contributed by atoms with Crippen LogP contribution < -0.4 is 15.4 Å². The van der Waals surface area contributed by atoms with E-state index in [1.54, 1.807) is 25.5 Å². The Kier molecular flexibility index (Phi) is 9.07. The van der Waals surface area contributed by atoms with E-state index in [1.807, 2.05) is 24.3 Å². The molecule has 0 aliphatic carbocycles. The molecule has 0 bridgehead atoms. The number of rotatable bonds is 10. The first-order chi connectivity index (χ1) is 13.1. The Morgan fingerprint density at radius 1 is 1.15 bits per heavy atom. The summed E-state index contributed by atoms with van der Waals surface area (Å²) in [6.07, 6.45) is 1.83. The number of hydrogen-bond acceptors (Lipinski definition) is 5. The maximum absolute atomic E-state index is 5.71. The van der Waals surface area contributed by atoms with Crippen molar-refractivity contribution < 1.29 is 9.47 Å². The molecule has 2 rings (SSSR count). The van der Waals surface area contributed by atoms with Crippen LogP contribution in [0.15, 0.2) is 29.3 Å². The summed E-state index contributed by atoms with van der Waals surface area (Å²) in [5, 5.41) is 7.80. The van der Waals surface area contributed by atoms with E-state index in [2.05, 4.69) is 34.5 Å². The fraction of sp³-hybridized carbons (Fsp3) is 0.500. The molecular formula is C20H30N4O2S. The lowest BCUT2D eigenvalue weighted by molar-refractivity contribution is 0.119. The molecule has 0 radical (unpaired) electrons. The summed E-state index contributed by atoms with van der Waals surface area (Å²) in [6, 6.07) is 7.94. The Morgan fingerprint density at radius 2 is 1.89 bits per heavy atom. The summed E-state index contributed by atoms with van der Waals surface area (Å²) >= 11 is 1.77. The second-order valence-electron chi connectivity index (χ2n) is 6.18. The molecule has 1 heterocycles. The largest absolute Gasteiger partial charge is 0.497 e. The van der Waals surface area contributed by atoms with Gasteiger partial charge in [0.05, 0.1) is 24.4 Å². The molecule has 27 heavy (non-hydrogen) atoms. The molecule has 0 amide bonds. The average Bonchev–Trinajstić information content (AvgIpc) is 3.01. The van der Waals surface area contributed by atoms with Gasteiger partial charge >= 0.3 is 0 Å². The minimum atomic E-state index is 0.615. The van der Waals surface area contributed by atoms with E-state index >= 15 is 0 Å². The first-order valence-corrected chi connectivity index (χ1v) is 10.0. The highest BCUT2D eigenvalue weighted by Gasteiger charge is 2.04. The van der Waals surface area contributed by atoms with Crippen molar-refractivity contribution in [1.29, 1.82) is 0 Å². The van der Waals surface area contributed by atoms with Crippen molar-refractivity contribution in [3.63, 3.8) is 0 Å². The van der Waals surface area contributed by atoms with Gasteiger partial charge in [-0.05, 0) is 38.0 Å². The molecule has 0 saturated heterocycles. The Bertz CT molecular complexity index is 694. The van der Waals surface area contributed by atoms with E-state index in [0.717, 1.165) is 48.9 Å². The lowest BCUT2D eigenvalue weighted by Crippen LogP contribution is -2.39. The van der Waals surface area contributed by atoms with E-state index < -0.39 is 0 Å². The van der Waals surface area contributed by atoms with Gasteiger partial charge in [0.25, 0.3) is 0 Å². The van der Waals surface area contributed by atoms with Crippen molar-refractivity contribution in [1.82, 2.24) is 15.6 Å². The van der Waals surface area contributed by atoms with Gasteiger partial charge in [0.2, 0.25) is 0 Å². The fourth-order valence-electron chi connectivity index (χ4n) is 2.45. The highest BCUT2D eigenvalue weighted by Crippen LogP contribution is 2.16. The second kappa shape index (κ2) is 11.6. The molecule has 2 aromatic rings. The van der Waals surface area contributed by atoms with Gasteiger partial charge in [-0.2, -0.15) is 0 Å². The molecular weight excluding hydrogens is 360 g/mol. The van der Waals surface area contributed by atoms with E-state index in [9.17, 15) is 0 Å². The number of aromatic nitrogens is 1. The number of benzene rings is 1. The third kappa shape index (κ3) is 7.56. The fourth-order valence-corrected chi connectivity index (χ4v) is 3.38. The van der Waals surface area contributed by atoms with Crippen LogP contribution >= 0.6 is 11.3 Å². The van der Waals surface area contributed by atoms with Crippen molar-refractivity contribution in [3.8, 4) is 5.75 Å². The molecule has 1 aromatic carbocycles. The van der Waals surface area contributed by atoms with Crippen molar-refractivity contribution in [3.05, 3.63) is 45.4 Å².